The second kappa shape index (κ2) is 5.77. The topological polar surface area (TPSA) is 68.0 Å². The molecule has 0 saturated carbocycles. The Hall–Kier alpha value is -1.42. The zero-order valence-electron chi connectivity index (χ0n) is 10.7. The summed E-state index contributed by atoms with van der Waals surface area (Å²) in [5.74, 6) is -0.127. The minimum Gasteiger partial charge on any atom is -0.346 e. The zero-order valence-corrected chi connectivity index (χ0v) is 10.7. The Bertz CT molecular complexity index is 362. The lowest BCUT2D eigenvalue weighted by Gasteiger charge is -2.25. The second-order valence-electron chi connectivity index (χ2n) is 4.62. The number of nitrogens with zero attached hydrogens (tertiary/aromatic N) is 1. The summed E-state index contributed by atoms with van der Waals surface area (Å²) in [7, 11) is 0. The second-order valence-corrected chi connectivity index (χ2v) is 4.62. The Morgan fingerprint density at radius 1 is 1.59 bits per heavy atom. The average molecular weight is 235 g/mol. The van der Waals surface area contributed by atoms with E-state index in [4.69, 9.17) is 5.73 Å². The zero-order chi connectivity index (χ0) is 12.9. The third kappa shape index (κ3) is 3.82. The number of carbonyl (C=O) groups excluding carboxylic acids is 1. The predicted octanol–water partition coefficient (Wildman–Crippen LogP) is 1.78. The van der Waals surface area contributed by atoms with Crippen molar-refractivity contribution in [3.05, 3.63) is 30.1 Å². The maximum atomic E-state index is 12.0. The van der Waals surface area contributed by atoms with Gasteiger partial charge >= 0.3 is 0 Å². The number of nitrogens with one attached hydrogen (secondary N) is 1. The van der Waals surface area contributed by atoms with Gasteiger partial charge < -0.3 is 11.1 Å². The van der Waals surface area contributed by atoms with E-state index < -0.39 is 5.54 Å². The molecule has 2 atom stereocenters. The third-order valence-electron chi connectivity index (χ3n) is 2.77. The van der Waals surface area contributed by atoms with Crippen molar-refractivity contribution in [1.29, 1.82) is 0 Å². The van der Waals surface area contributed by atoms with E-state index in [0.29, 0.717) is 6.42 Å². The van der Waals surface area contributed by atoms with Crippen LogP contribution in [0.1, 0.15) is 45.3 Å². The van der Waals surface area contributed by atoms with Crippen LogP contribution in [-0.2, 0) is 4.79 Å². The maximum absolute atomic E-state index is 12.0. The van der Waals surface area contributed by atoms with Crippen LogP contribution in [0.5, 0.6) is 0 Å². The third-order valence-corrected chi connectivity index (χ3v) is 2.77. The molecule has 0 radical (unpaired) electrons. The van der Waals surface area contributed by atoms with Crippen LogP contribution < -0.4 is 11.1 Å². The summed E-state index contributed by atoms with van der Waals surface area (Å²) in [6.07, 6.45) is 3.28. The first-order valence-electron chi connectivity index (χ1n) is 5.98. The Balaban J connectivity index is 2.63. The minimum atomic E-state index is -0.808. The van der Waals surface area contributed by atoms with Gasteiger partial charge in [-0.05, 0) is 32.4 Å². The van der Waals surface area contributed by atoms with E-state index in [2.05, 4.69) is 10.3 Å². The number of hydrogen-bond acceptors (Lipinski definition) is 3. The first-order valence-corrected chi connectivity index (χ1v) is 5.98. The Kier molecular flexibility index (Phi) is 4.63. The molecule has 3 N–H and O–H groups in total. The van der Waals surface area contributed by atoms with E-state index >= 15 is 0 Å². The Labute approximate surface area is 103 Å². The van der Waals surface area contributed by atoms with Crippen molar-refractivity contribution >= 4 is 5.91 Å². The molecule has 4 heteroatoms. The number of carbonyl (C=O) groups is 1. The van der Waals surface area contributed by atoms with Crippen LogP contribution in [0.25, 0.3) is 0 Å². The summed E-state index contributed by atoms with van der Waals surface area (Å²) in [5, 5.41) is 2.89. The molecule has 0 aliphatic heterocycles. The van der Waals surface area contributed by atoms with Crippen molar-refractivity contribution in [3.8, 4) is 0 Å². The summed E-state index contributed by atoms with van der Waals surface area (Å²) in [6.45, 7) is 5.68. The van der Waals surface area contributed by atoms with Crippen molar-refractivity contribution in [2.45, 2.75) is 45.2 Å². The lowest BCUT2D eigenvalue weighted by molar-refractivity contribution is -0.126. The molecule has 4 nitrogen and oxygen atoms in total. The van der Waals surface area contributed by atoms with Gasteiger partial charge in [0.1, 0.15) is 0 Å². The summed E-state index contributed by atoms with van der Waals surface area (Å²) in [5.41, 5.74) is 6.00. The molecule has 1 heterocycles. The van der Waals surface area contributed by atoms with Crippen LogP contribution in [0.4, 0.5) is 0 Å². The standard InChI is InChI=1S/C13H21N3O/c1-4-8-13(3,14)12(17)16-10(2)11-7-5-6-9-15-11/h5-7,9-10H,4,8,14H2,1-3H3,(H,16,17)/t10-,13?/m1/s1. The lowest BCUT2D eigenvalue weighted by atomic mass is 9.96. The summed E-state index contributed by atoms with van der Waals surface area (Å²) >= 11 is 0. The van der Waals surface area contributed by atoms with Crippen LogP contribution in [0.3, 0.4) is 0 Å². The van der Waals surface area contributed by atoms with Gasteiger partial charge in [-0.25, -0.2) is 0 Å². The first kappa shape index (κ1) is 13.6. The molecule has 1 aromatic rings. The molecule has 1 amide bonds. The fourth-order valence-electron chi connectivity index (χ4n) is 1.70. The fraction of sp³-hybridized carbons (Fsp3) is 0.538. The van der Waals surface area contributed by atoms with E-state index in [1.165, 1.54) is 0 Å². The van der Waals surface area contributed by atoms with Gasteiger partial charge in [0.25, 0.3) is 0 Å². The van der Waals surface area contributed by atoms with Gasteiger partial charge in [-0.2, -0.15) is 0 Å². The molecule has 1 rings (SSSR count). The van der Waals surface area contributed by atoms with Crippen molar-refractivity contribution in [1.82, 2.24) is 10.3 Å². The van der Waals surface area contributed by atoms with Crippen molar-refractivity contribution in [2.75, 3.05) is 0 Å². The minimum absolute atomic E-state index is 0.122. The van der Waals surface area contributed by atoms with Gasteiger partial charge in [0.2, 0.25) is 5.91 Å². The lowest BCUT2D eigenvalue weighted by Crippen LogP contribution is -2.52. The highest BCUT2D eigenvalue weighted by Crippen LogP contribution is 2.13. The molecule has 0 aliphatic rings. The van der Waals surface area contributed by atoms with Crippen LogP contribution >= 0.6 is 0 Å². The molecular weight excluding hydrogens is 214 g/mol. The molecule has 0 saturated heterocycles. The van der Waals surface area contributed by atoms with Crippen molar-refractivity contribution in [2.24, 2.45) is 5.73 Å². The molecular formula is C13H21N3O. The van der Waals surface area contributed by atoms with Gasteiger partial charge in [0, 0.05) is 6.20 Å². The Morgan fingerprint density at radius 2 is 2.29 bits per heavy atom. The van der Waals surface area contributed by atoms with Crippen LogP contribution in [0.2, 0.25) is 0 Å². The van der Waals surface area contributed by atoms with E-state index in [9.17, 15) is 4.79 Å². The molecule has 0 fully saturated rings. The smallest absolute Gasteiger partial charge is 0.240 e. The number of aromatic nitrogens is 1. The average Bonchev–Trinajstić information content (AvgIpc) is 2.30. The molecule has 0 spiro atoms. The fourth-order valence-corrected chi connectivity index (χ4v) is 1.70. The highest BCUT2D eigenvalue weighted by molar-refractivity contribution is 5.85. The summed E-state index contributed by atoms with van der Waals surface area (Å²) in [4.78, 5) is 16.2. The molecule has 94 valence electrons. The monoisotopic (exact) mass is 235 g/mol. The van der Waals surface area contributed by atoms with E-state index in [1.807, 2.05) is 32.0 Å². The van der Waals surface area contributed by atoms with Crippen LogP contribution in [0.15, 0.2) is 24.4 Å². The van der Waals surface area contributed by atoms with E-state index in [1.54, 1.807) is 13.1 Å². The van der Waals surface area contributed by atoms with Crippen LogP contribution in [-0.4, -0.2) is 16.4 Å². The normalized spacial score (nSPS) is 16.0. The molecule has 17 heavy (non-hydrogen) atoms. The Morgan fingerprint density at radius 3 is 2.82 bits per heavy atom. The highest BCUT2D eigenvalue weighted by Gasteiger charge is 2.28. The highest BCUT2D eigenvalue weighted by atomic mass is 16.2. The maximum Gasteiger partial charge on any atom is 0.240 e. The van der Waals surface area contributed by atoms with Crippen LogP contribution in [0, 0.1) is 0 Å². The molecule has 1 aromatic heterocycles. The number of pyridine rings is 1. The van der Waals surface area contributed by atoms with E-state index in [-0.39, 0.29) is 11.9 Å². The van der Waals surface area contributed by atoms with Gasteiger partial charge in [-0.3, -0.25) is 9.78 Å². The number of hydrogen-bond donors (Lipinski definition) is 2. The van der Waals surface area contributed by atoms with Gasteiger partial charge in [-0.1, -0.05) is 19.4 Å². The first-order chi connectivity index (χ1) is 7.97. The SMILES string of the molecule is CCCC(C)(N)C(=O)N[C@H](C)c1ccccn1. The quantitative estimate of drug-likeness (QED) is 0.817. The molecule has 0 aromatic carbocycles. The summed E-state index contributed by atoms with van der Waals surface area (Å²) < 4.78 is 0. The van der Waals surface area contributed by atoms with Gasteiger partial charge in [-0.15, -0.1) is 0 Å². The van der Waals surface area contributed by atoms with Crippen molar-refractivity contribution < 1.29 is 4.79 Å². The van der Waals surface area contributed by atoms with Gasteiger partial charge in [0.15, 0.2) is 0 Å². The molecule has 0 aliphatic carbocycles. The summed E-state index contributed by atoms with van der Waals surface area (Å²) in [6, 6.07) is 5.52. The number of rotatable bonds is 5. The van der Waals surface area contributed by atoms with Gasteiger partial charge in [0.05, 0.1) is 17.3 Å². The van der Waals surface area contributed by atoms with E-state index in [0.717, 1.165) is 12.1 Å². The van der Waals surface area contributed by atoms with Crippen molar-refractivity contribution in [3.63, 3.8) is 0 Å². The molecule has 0 bridgehead atoms. The largest absolute Gasteiger partial charge is 0.346 e. The molecule has 1 unspecified atom stereocenters. The number of amides is 1. The predicted molar refractivity (Wildman–Crippen MR) is 68.3 cm³/mol. The number of nitrogens with two attached hydrogens (primary N) is 1.